The lowest BCUT2D eigenvalue weighted by molar-refractivity contribution is 0.584. The molecule has 2 unspecified atom stereocenters. The monoisotopic (exact) mass is 226 g/mol. The van der Waals surface area contributed by atoms with Crippen LogP contribution in [0.2, 0.25) is 0 Å². The number of hydrogen-bond acceptors (Lipinski definition) is 0. The molecule has 1 aliphatic carbocycles. The second kappa shape index (κ2) is 6.24. The Morgan fingerprint density at radius 3 is 2.41 bits per heavy atom. The van der Waals surface area contributed by atoms with Crippen LogP contribution >= 0.6 is 0 Å². The van der Waals surface area contributed by atoms with Gasteiger partial charge < -0.3 is 0 Å². The highest BCUT2D eigenvalue weighted by atomic mass is 14.2. The fourth-order valence-corrected chi connectivity index (χ4v) is 2.22. The third-order valence-electron chi connectivity index (χ3n) is 3.20. The van der Waals surface area contributed by atoms with Crippen LogP contribution in [0.1, 0.15) is 20.8 Å². The first-order valence-corrected chi connectivity index (χ1v) is 6.12. The molecule has 0 nitrogen and oxygen atoms in total. The quantitative estimate of drug-likeness (QED) is 0.592. The maximum absolute atomic E-state index is 4.26. The number of rotatable bonds is 4. The molecule has 17 heavy (non-hydrogen) atoms. The average Bonchev–Trinajstić information content (AvgIpc) is 2.30. The highest BCUT2D eigenvalue weighted by molar-refractivity contribution is 5.47. The molecule has 0 aliphatic heterocycles. The lowest BCUT2D eigenvalue weighted by Crippen LogP contribution is -2.13. The van der Waals surface area contributed by atoms with E-state index in [-0.39, 0.29) is 0 Å². The van der Waals surface area contributed by atoms with Crippen molar-refractivity contribution in [1.82, 2.24) is 0 Å². The highest BCUT2D eigenvalue weighted by Gasteiger charge is 2.19. The fraction of sp³-hybridized carbons (Fsp3) is 0.294. The van der Waals surface area contributed by atoms with Crippen molar-refractivity contribution in [3.05, 3.63) is 72.4 Å². The van der Waals surface area contributed by atoms with Crippen LogP contribution in [-0.4, -0.2) is 0 Å². The summed E-state index contributed by atoms with van der Waals surface area (Å²) in [7, 11) is 0. The SMILES string of the molecule is C=C/C(C(=C)C1C=CC=CC1C)=C(C)\C=C/C. The van der Waals surface area contributed by atoms with Crippen molar-refractivity contribution >= 4 is 0 Å². The molecule has 0 heteroatoms. The standard InChI is InChI=1S/C17H22/c1-6-10-13(3)16(7-2)15(5)17-12-9-8-11-14(17)4/h6-12,14,17H,2,5H2,1,3-4H3/b10-6-,16-13+. The first kappa shape index (κ1) is 13.5. The Morgan fingerprint density at radius 2 is 1.88 bits per heavy atom. The molecule has 0 saturated carbocycles. The Kier molecular flexibility index (Phi) is 4.96. The first-order chi connectivity index (χ1) is 8.11. The molecule has 1 rings (SSSR count). The van der Waals surface area contributed by atoms with E-state index in [1.165, 1.54) is 11.1 Å². The minimum atomic E-state index is 0.383. The van der Waals surface area contributed by atoms with E-state index >= 15 is 0 Å². The summed E-state index contributed by atoms with van der Waals surface area (Å²) in [5, 5.41) is 0. The van der Waals surface area contributed by atoms with Crippen molar-refractivity contribution in [2.24, 2.45) is 11.8 Å². The van der Waals surface area contributed by atoms with Crippen molar-refractivity contribution in [3.63, 3.8) is 0 Å². The lowest BCUT2D eigenvalue weighted by Gasteiger charge is -2.24. The summed E-state index contributed by atoms with van der Waals surface area (Å²) >= 11 is 0. The molecule has 0 radical (unpaired) electrons. The third-order valence-corrected chi connectivity index (χ3v) is 3.20. The van der Waals surface area contributed by atoms with Gasteiger partial charge in [0.1, 0.15) is 0 Å². The summed E-state index contributed by atoms with van der Waals surface area (Å²) in [4.78, 5) is 0. The third kappa shape index (κ3) is 3.20. The molecule has 0 aromatic rings. The van der Waals surface area contributed by atoms with Gasteiger partial charge in [-0.25, -0.2) is 0 Å². The van der Waals surface area contributed by atoms with E-state index in [4.69, 9.17) is 0 Å². The highest BCUT2D eigenvalue weighted by Crippen LogP contribution is 2.31. The van der Waals surface area contributed by atoms with Gasteiger partial charge in [0.25, 0.3) is 0 Å². The van der Waals surface area contributed by atoms with Crippen LogP contribution in [-0.2, 0) is 0 Å². The van der Waals surface area contributed by atoms with E-state index in [9.17, 15) is 0 Å². The van der Waals surface area contributed by atoms with Gasteiger partial charge in [-0.05, 0) is 36.5 Å². The summed E-state index contributed by atoms with van der Waals surface area (Å²) < 4.78 is 0. The lowest BCUT2D eigenvalue weighted by atomic mass is 9.80. The summed E-state index contributed by atoms with van der Waals surface area (Å²) in [5.74, 6) is 0.883. The van der Waals surface area contributed by atoms with Crippen LogP contribution in [0.15, 0.2) is 72.4 Å². The molecule has 0 saturated heterocycles. The van der Waals surface area contributed by atoms with E-state index in [1.807, 2.05) is 19.1 Å². The molecule has 0 amide bonds. The summed E-state index contributed by atoms with van der Waals surface area (Å²) in [6, 6.07) is 0. The Bertz CT molecular complexity index is 413. The zero-order valence-corrected chi connectivity index (χ0v) is 11.1. The van der Waals surface area contributed by atoms with Gasteiger partial charge in [0.15, 0.2) is 0 Å². The van der Waals surface area contributed by atoms with Crippen LogP contribution in [0.3, 0.4) is 0 Å². The van der Waals surface area contributed by atoms with Gasteiger partial charge in [0.05, 0.1) is 0 Å². The van der Waals surface area contributed by atoms with Gasteiger partial charge in [0.2, 0.25) is 0 Å². The molecule has 0 fully saturated rings. The summed E-state index contributed by atoms with van der Waals surface area (Å²) in [6.45, 7) is 14.5. The molecule has 90 valence electrons. The molecular weight excluding hydrogens is 204 g/mol. The largest absolute Gasteiger partial charge is 0.0985 e. The van der Waals surface area contributed by atoms with Gasteiger partial charge in [-0.1, -0.05) is 62.6 Å². The average molecular weight is 226 g/mol. The molecule has 0 heterocycles. The smallest absolute Gasteiger partial charge is 0.00815 e. The predicted molar refractivity (Wildman–Crippen MR) is 77.8 cm³/mol. The zero-order chi connectivity index (χ0) is 12.8. The molecule has 1 aliphatic rings. The van der Waals surface area contributed by atoms with Crippen molar-refractivity contribution in [3.8, 4) is 0 Å². The molecule has 0 aromatic heterocycles. The minimum Gasteiger partial charge on any atom is -0.0985 e. The van der Waals surface area contributed by atoms with Crippen LogP contribution in [0.5, 0.6) is 0 Å². The van der Waals surface area contributed by atoms with Crippen molar-refractivity contribution in [1.29, 1.82) is 0 Å². The number of allylic oxidation sites excluding steroid dienone is 10. The van der Waals surface area contributed by atoms with E-state index < -0.39 is 0 Å². The molecule has 0 aromatic carbocycles. The van der Waals surface area contributed by atoms with Gasteiger partial charge >= 0.3 is 0 Å². The Morgan fingerprint density at radius 1 is 1.24 bits per heavy atom. The van der Waals surface area contributed by atoms with Crippen LogP contribution in [0.4, 0.5) is 0 Å². The Hall–Kier alpha value is -1.56. The number of hydrogen-bond donors (Lipinski definition) is 0. The van der Waals surface area contributed by atoms with Crippen molar-refractivity contribution in [2.45, 2.75) is 20.8 Å². The second-order valence-electron chi connectivity index (χ2n) is 4.48. The summed E-state index contributed by atoms with van der Waals surface area (Å²) in [6.07, 6.45) is 14.7. The van der Waals surface area contributed by atoms with Crippen LogP contribution < -0.4 is 0 Å². The molecule has 2 atom stereocenters. The zero-order valence-electron chi connectivity index (χ0n) is 11.1. The predicted octanol–water partition coefficient (Wildman–Crippen LogP) is 5.00. The topological polar surface area (TPSA) is 0 Å². The van der Waals surface area contributed by atoms with Gasteiger partial charge in [-0.15, -0.1) is 0 Å². The van der Waals surface area contributed by atoms with Crippen LogP contribution in [0.25, 0.3) is 0 Å². The molecule has 0 spiro atoms. The van der Waals surface area contributed by atoms with Gasteiger partial charge in [0, 0.05) is 5.92 Å². The van der Waals surface area contributed by atoms with E-state index in [0.717, 1.165) is 5.57 Å². The van der Waals surface area contributed by atoms with E-state index in [1.54, 1.807) is 0 Å². The minimum absolute atomic E-state index is 0.383. The van der Waals surface area contributed by atoms with Gasteiger partial charge in [-0.2, -0.15) is 0 Å². The van der Waals surface area contributed by atoms with Crippen LogP contribution in [0, 0.1) is 11.8 Å². The Labute approximate surface area is 105 Å². The van der Waals surface area contributed by atoms with Crippen molar-refractivity contribution in [2.75, 3.05) is 0 Å². The Balaban J connectivity index is 3.02. The fourth-order valence-electron chi connectivity index (χ4n) is 2.22. The molecule has 0 bridgehead atoms. The normalized spacial score (nSPS) is 24.9. The summed E-state index contributed by atoms with van der Waals surface area (Å²) in [5.41, 5.74) is 3.55. The second-order valence-corrected chi connectivity index (χ2v) is 4.48. The molecular formula is C17H22. The van der Waals surface area contributed by atoms with E-state index in [0.29, 0.717) is 11.8 Å². The maximum Gasteiger partial charge on any atom is 0.00815 e. The van der Waals surface area contributed by atoms with E-state index in [2.05, 4.69) is 57.4 Å². The van der Waals surface area contributed by atoms with Gasteiger partial charge in [-0.3, -0.25) is 0 Å². The first-order valence-electron chi connectivity index (χ1n) is 6.12. The molecule has 0 N–H and O–H groups in total. The van der Waals surface area contributed by atoms with Crippen molar-refractivity contribution < 1.29 is 0 Å². The maximum atomic E-state index is 4.26.